The Morgan fingerprint density at radius 2 is 1.92 bits per heavy atom. The fourth-order valence-corrected chi connectivity index (χ4v) is 3.35. The van der Waals surface area contributed by atoms with Gasteiger partial charge < -0.3 is 15.6 Å². The third-order valence-electron chi connectivity index (χ3n) is 4.48. The summed E-state index contributed by atoms with van der Waals surface area (Å²) in [5.74, 6) is 0.169. The van der Waals surface area contributed by atoms with E-state index in [-0.39, 0.29) is 30.6 Å². The van der Waals surface area contributed by atoms with Gasteiger partial charge in [0.25, 0.3) is 0 Å². The van der Waals surface area contributed by atoms with Gasteiger partial charge in [0.2, 0.25) is 0 Å². The molecule has 1 aliphatic heterocycles. The maximum Gasteiger partial charge on any atom is 0.146 e. The zero-order chi connectivity index (χ0) is 15.8. The minimum Gasteiger partial charge on any atom is -0.383 e. The van der Waals surface area contributed by atoms with Crippen LogP contribution in [0.15, 0.2) is 36.8 Å². The van der Waals surface area contributed by atoms with Crippen LogP contribution in [-0.4, -0.2) is 27.6 Å². The van der Waals surface area contributed by atoms with Crippen LogP contribution < -0.4 is 11.1 Å². The second-order valence-electron chi connectivity index (χ2n) is 5.90. The number of nitrogens with two attached hydrogens (primary N) is 1. The molecule has 3 aromatic rings. The van der Waals surface area contributed by atoms with Gasteiger partial charge in [-0.3, -0.25) is 0 Å². The smallest absolute Gasteiger partial charge is 0.146 e. The first-order chi connectivity index (χ1) is 11.2. The van der Waals surface area contributed by atoms with Crippen LogP contribution in [0, 0.1) is 5.82 Å². The summed E-state index contributed by atoms with van der Waals surface area (Å²) in [6.07, 6.45) is 5.61. The first-order valence-electron chi connectivity index (χ1n) is 7.81. The highest BCUT2D eigenvalue weighted by Crippen LogP contribution is 2.35. The molecule has 8 heteroatoms. The average Bonchev–Trinajstić information content (AvgIpc) is 2.97. The SMILES string of the molecule is Cl.Cl.Nc1ncnc2c1c(-c1cccc(F)c1)cn2C1CCNCC1. The third kappa shape index (κ3) is 3.56. The molecule has 1 fully saturated rings. The lowest BCUT2D eigenvalue weighted by Crippen LogP contribution is -2.29. The number of benzene rings is 1. The minimum absolute atomic E-state index is 0. The van der Waals surface area contributed by atoms with Crippen LogP contribution in [0.5, 0.6) is 0 Å². The van der Waals surface area contributed by atoms with Crippen molar-refractivity contribution in [2.45, 2.75) is 18.9 Å². The Bertz CT molecular complexity index is 861. The summed E-state index contributed by atoms with van der Waals surface area (Å²) in [4.78, 5) is 8.57. The quantitative estimate of drug-likeness (QED) is 0.709. The van der Waals surface area contributed by atoms with E-state index in [0.717, 1.165) is 48.1 Å². The molecule has 0 amide bonds. The molecule has 3 heterocycles. The van der Waals surface area contributed by atoms with E-state index in [1.54, 1.807) is 6.07 Å². The van der Waals surface area contributed by atoms with Crippen molar-refractivity contribution in [3.8, 4) is 11.1 Å². The Morgan fingerprint density at radius 1 is 1.16 bits per heavy atom. The van der Waals surface area contributed by atoms with Crippen LogP contribution in [0.2, 0.25) is 0 Å². The number of hydrogen-bond donors (Lipinski definition) is 2. The van der Waals surface area contributed by atoms with Crippen molar-refractivity contribution < 1.29 is 4.39 Å². The van der Waals surface area contributed by atoms with Crippen molar-refractivity contribution in [2.24, 2.45) is 0 Å². The molecule has 0 spiro atoms. The van der Waals surface area contributed by atoms with Crippen molar-refractivity contribution >= 4 is 41.7 Å². The molecule has 5 nitrogen and oxygen atoms in total. The number of aromatic nitrogens is 3. The molecular weight excluding hydrogens is 364 g/mol. The zero-order valence-electron chi connectivity index (χ0n) is 13.5. The topological polar surface area (TPSA) is 68.8 Å². The van der Waals surface area contributed by atoms with E-state index in [4.69, 9.17) is 5.73 Å². The number of piperidine rings is 1. The number of nitrogen functional groups attached to an aromatic ring is 1. The Labute approximate surface area is 157 Å². The predicted octanol–water partition coefficient (Wildman–Crippen LogP) is 3.59. The molecular formula is C17H20Cl2FN5. The number of halogens is 3. The maximum atomic E-state index is 13.6. The van der Waals surface area contributed by atoms with Gasteiger partial charge in [0.1, 0.15) is 23.6 Å². The lowest BCUT2D eigenvalue weighted by Gasteiger charge is -2.24. The predicted molar refractivity (Wildman–Crippen MR) is 103 cm³/mol. The molecule has 4 rings (SSSR count). The number of nitrogens with zero attached hydrogens (tertiary/aromatic N) is 3. The number of fused-ring (bicyclic) bond motifs is 1. The van der Waals surface area contributed by atoms with Crippen molar-refractivity contribution in [1.82, 2.24) is 19.9 Å². The van der Waals surface area contributed by atoms with Crippen LogP contribution in [0.3, 0.4) is 0 Å². The number of hydrogen-bond acceptors (Lipinski definition) is 4. The van der Waals surface area contributed by atoms with Gasteiger partial charge in [-0.2, -0.15) is 0 Å². The third-order valence-corrected chi connectivity index (χ3v) is 4.48. The lowest BCUT2D eigenvalue weighted by atomic mass is 10.1. The molecule has 0 unspecified atom stereocenters. The van der Waals surface area contributed by atoms with Crippen molar-refractivity contribution in [3.05, 3.63) is 42.6 Å². The number of anilines is 1. The van der Waals surface area contributed by atoms with Gasteiger partial charge in [0.15, 0.2) is 0 Å². The van der Waals surface area contributed by atoms with Gasteiger partial charge in [-0.05, 0) is 43.6 Å². The fraction of sp³-hybridized carbons (Fsp3) is 0.294. The van der Waals surface area contributed by atoms with Gasteiger partial charge in [-0.25, -0.2) is 14.4 Å². The van der Waals surface area contributed by atoms with E-state index in [1.165, 1.54) is 18.5 Å². The van der Waals surface area contributed by atoms with E-state index in [1.807, 2.05) is 12.3 Å². The van der Waals surface area contributed by atoms with Gasteiger partial charge in [-0.15, -0.1) is 24.8 Å². The molecule has 3 N–H and O–H groups in total. The maximum absolute atomic E-state index is 13.6. The summed E-state index contributed by atoms with van der Waals surface area (Å²) in [6.45, 7) is 1.97. The molecule has 0 saturated carbocycles. The largest absolute Gasteiger partial charge is 0.383 e. The molecule has 0 atom stereocenters. The molecule has 25 heavy (non-hydrogen) atoms. The van der Waals surface area contributed by atoms with Crippen LogP contribution in [0.4, 0.5) is 10.2 Å². The Hall–Kier alpha value is -1.89. The highest BCUT2D eigenvalue weighted by Gasteiger charge is 2.21. The van der Waals surface area contributed by atoms with Crippen molar-refractivity contribution in [3.63, 3.8) is 0 Å². The molecule has 2 aromatic heterocycles. The van der Waals surface area contributed by atoms with Crippen LogP contribution >= 0.6 is 24.8 Å². The van der Waals surface area contributed by atoms with E-state index in [2.05, 4.69) is 19.9 Å². The lowest BCUT2D eigenvalue weighted by molar-refractivity contribution is 0.375. The highest BCUT2D eigenvalue weighted by molar-refractivity contribution is 6.00. The first kappa shape index (κ1) is 19.4. The molecule has 0 aliphatic carbocycles. The van der Waals surface area contributed by atoms with E-state index in [9.17, 15) is 4.39 Å². The molecule has 134 valence electrons. The van der Waals surface area contributed by atoms with Gasteiger partial charge in [0.05, 0.1) is 5.39 Å². The Balaban J connectivity index is 0.00000113. The standard InChI is InChI=1S/C17H18FN5.2ClH/c18-12-3-1-2-11(8-12)14-9-23(13-4-6-20-7-5-13)17-15(14)16(19)21-10-22-17;;/h1-3,8-10,13,20H,4-7H2,(H2,19,21,22);2*1H. The number of nitrogens with one attached hydrogen (secondary N) is 1. The van der Waals surface area contributed by atoms with Crippen molar-refractivity contribution in [2.75, 3.05) is 18.8 Å². The monoisotopic (exact) mass is 383 g/mol. The molecule has 1 saturated heterocycles. The molecule has 1 aromatic carbocycles. The Morgan fingerprint density at radius 3 is 2.64 bits per heavy atom. The highest BCUT2D eigenvalue weighted by atomic mass is 35.5. The van der Waals surface area contributed by atoms with Crippen molar-refractivity contribution in [1.29, 1.82) is 0 Å². The average molecular weight is 384 g/mol. The van der Waals surface area contributed by atoms with Gasteiger partial charge in [-0.1, -0.05) is 12.1 Å². The summed E-state index contributed by atoms with van der Waals surface area (Å²) in [6, 6.07) is 6.93. The van der Waals surface area contributed by atoms with Crippen LogP contribution in [0.1, 0.15) is 18.9 Å². The van der Waals surface area contributed by atoms with Crippen LogP contribution in [-0.2, 0) is 0 Å². The zero-order valence-corrected chi connectivity index (χ0v) is 15.1. The fourth-order valence-electron chi connectivity index (χ4n) is 3.35. The summed E-state index contributed by atoms with van der Waals surface area (Å²) in [5, 5.41) is 4.17. The summed E-state index contributed by atoms with van der Waals surface area (Å²) < 4.78 is 15.8. The van der Waals surface area contributed by atoms with Gasteiger partial charge in [0, 0.05) is 17.8 Å². The number of rotatable bonds is 2. The minimum atomic E-state index is -0.263. The molecule has 0 bridgehead atoms. The molecule has 1 aliphatic rings. The Kier molecular flexibility index (Phi) is 6.21. The second-order valence-corrected chi connectivity index (χ2v) is 5.90. The van der Waals surface area contributed by atoms with E-state index < -0.39 is 0 Å². The summed E-state index contributed by atoms with van der Waals surface area (Å²) in [7, 11) is 0. The summed E-state index contributed by atoms with van der Waals surface area (Å²) >= 11 is 0. The first-order valence-corrected chi connectivity index (χ1v) is 7.81. The summed E-state index contributed by atoms with van der Waals surface area (Å²) in [5.41, 5.74) is 8.61. The van der Waals surface area contributed by atoms with E-state index in [0.29, 0.717) is 11.9 Å². The second kappa shape index (κ2) is 7.99. The van der Waals surface area contributed by atoms with Crippen LogP contribution in [0.25, 0.3) is 22.2 Å². The normalized spacial score (nSPS) is 14.8. The molecule has 0 radical (unpaired) electrons. The van der Waals surface area contributed by atoms with E-state index >= 15 is 0 Å². The van der Waals surface area contributed by atoms with Gasteiger partial charge >= 0.3 is 0 Å².